The van der Waals surface area contributed by atoms with E-state index in [0.717, 1.165) is 5.75 Å². The van der Waals surface area contributed by atoms with Gasteiger partial charge in [0.2, 0.25) is 5.82 Å². The van der Waals surface area contributed by atoms with Crippen LogP contribution in [0, 0.1) is 0 Å². The molecule has 0 radical (unpaired) electrons. The lowest BCUT2D eigenvalue weighted by atomic mass is 10.1. The Balaban J connectivity index is 1.40. The molecule has 1 aliphatic rings. The fourth-order valence-corrected chi connectivity index (χ4v) is 3.47. The average molecular weight is 424 g/mol. The molecule has 1 N–H and O–H groups in total. The maximum Gasteiger partial charge on any atom is 0.449 e. The highest BCUT2D eigenvalue weighted by Gasteiger charge is 2.35. The number of imidazole rings is 1. The number of nitrogens with zero attached hydrogens (tertiary/aromatic N) is 2. The molecule has 1 amide bonds. The third-order valence-electron chi connectivity index (χ3n) is 4.84. The van der Waals surface area contributed by atoms with Crippen molar-refractivity contribution in [3.8, 4) is 5.75 Å². The number of aromatic amines is 1. The van der Waals surface area contributed by atoms with Gasteiger partial charge in [-0.25, -0.2) is 4.98 Å². The summed E-state index contributed by atoms with van der Waals surface area (Å²) in [6, 6.07) is 11.4. The quantitative estimate of drug-likeness (QED) is 0.650. The van der Waals surface area contributed by atoms with Crippen LogP contribution < -0.4 is 4.74 Å². The van der Waals surface area contributed by atoms with Crippen molar-refractivity contribution in [2.75, 3.05) is 13.1 Å². The molecule has 152 valence electrons. The van der Waals surface area contributed by atoms with Crippen LogP contribution in [-0.4, -0.2) is 40.0 Å². The molecule has 0 aliphatic carbocycles. The van der Waals surface area contributed by atoms with Crippen molar-refractivity contribution in [2.24, 2.45) is 0 Å². The lowest BCUT2D eigenvalue weighted by molar-refractivity contribution is -0.144. The first-order valence-corrected chi connectivity index (χ1v) is 9.46. The van der Waals surface area contributed by atoms with Crippen molar-refractivity contribution in [3.63, 3.8) is 0 Å². The molecule has 0 saturated carbocycles. The Kier molecular flexibility index (Phi) is 5.12. The predicted octanol–water partition coefficient (Wildman–Crippen LogP) is 4.92. The summed E-state index contributed by atoms with van der Waals surface area (Å²) in [7, 11) is 0. The van der Waals surface area contributed by atoms with Crippen LogP contribution in [0.25, 0.3) is 11.0 Å². The zero-order valence-corrected chi connectivity index (χ0v) is 15.9. The first kappa shape index (κ1) is 19.6. The number of alkyl halides is 3. The van der Waals surface area contributed by atoms with E-state index in [1.54, 1.807) is 29.2 Å². The van der Waals surface area contributed by atoms with Crippen molar-refractivity contribution in [1.82, 2.24) is 14.9 Å². The third-order valence-corrected chi connectivity index (χ3v) is 5.09. The van der Waals surface area contributed by atoms with E-state index in [4.69, 9.17) is 16.3 Å². The van der Waals surface area contributed by atoms with Crippen LogP contribution >= 0.6 is 11.6 Å². The van der Waals surface area contributed by atoms with Crippen LogP contribution in [0.4, 0.5) is 13.2 Å². The number of ether oxygens (including phenoxy) is 1. The third kappa shape index (κ3) is 4.32. The number of nitrogens with one attached hydrogen (secondary N) is 1. The van der Waals surface area contributed by atoms with Gasteiger partial charge in [-0.15, -0.1) is 0 Å². The van der Waals surface area contributed by atoms with Crippen molar-refractivity contribution in [1.29, 1.82) is 0 Å². The highest BCUT2D eigenvalue weighted by atomic mass is 35.5. The van der Waals surface area contributed by atoms with Crippen LogP contribution in [0.15, 0.2) is 42.5 Å². The van der Waals surface area contributed by atoms with Gasteiger partial charge in [-0.3, -0.25) is 4.79 Å². The Labute approximate surface area is 169 Å². The van der Waals surface area contributed by atoms with Crippen molar-refractivity contribution in [3.05, 3.63) is 58.9 Å². The molecular formula is C20H17ClF3N3O2. The highest BCUT2D eigenvalue weighted by molar-refractivity contribution is 6.30. The minimum Gasteiger partial charge on any atom is -0.490 e. The van der Waals surface area contributed by atoms with Gasteiger partial charge in [0.15, 0.2) is 0 Å². The van der Waals surface area contributed by atoms with Gasteiger partial charge < -0.3 is 14.6 Å². The second-order valence-corrected chi connectivity index (χ2v) is 7.31. The number of carbonyl (C=O) groups is 1. The highest BCUT2D eigenvalue weighted by Crippen LogP contribution is 2.29. The van der Waals surface area contributed by atoms with Gasteiger partial charge in [-0.2, -0.15) is 13.2 Å². The standard InChI is InChI=1S/C20H17ClF3N3O2/c21-13-2-4-14(5-3-13)29-15-7-9-27(10-8-15)18(28)12-1-6-16-17(11-12)26-19(25-16)20(22,23)24/h1-6,11,15H,7-10H2,(H,25,26). The van der Waals surface area contributed by atoms with E-state index in [-0.39, 0.29) is 23.0 Å². The summed E-state index contributed by atoms with van der Waals surface area (Å²) in [5.41, 5.74) is 0.681. The summed E-state index contributed by atoms with van der Waals surface area (Å²) < 4.78 is 44.3. The summed E-state index contributed by atoms with van der Waals surface area (Å²) in [6.45, 7) is 1.01. The number of piperidine rings is 1. The summed E-state index contributed by atoms with van der Waals surface area (Å²) >= 11 is 5.87. The minimum atomic E-state index is -4.56. The molecule has 2 heterocycles. The van der Waals surface area contributed by atoms with Crippen molar-refractivity contribution >= 4 is 28.5 Å². The van der Waals surface area contributed by atoms with E-state index >= 15 is 0 Å². The topological polar surface area (TPSA) is 58.2 Å². The monoisotopic (exact) mass is 423 g/mol. The van der Waals surface area contributed by atoms with Crippen LogP contribution in [0.5, 0.6) is 5.75 Å². The lowest BCUT2D eigenvalue weighted by Gasteiger charge is -2.32. The van der Waals surface area contributed by atoms with E-state index in [0.29, 0.717) is 36.5 Å². The summed E-state index contributed by atoms with van der Waals surface area (Å²) in [4.78, 5) is 20.2. The van der Waals surface area contributed by atoms with E-state index in [9.17, 15) is 18.0 Å². The first-order chi connectivity index (χ1) is 13.8. The second kappa shape index (κ2) is 7.59. The summed E-state index contributed by atoms with van der Waals surface area (Å²) in [5.74, 6) is -0.568. The van der Waals surface area contributed by atoms with Gasteiger partial charge >= 0.3 is 6.18 Å². The summed E-state index contributed by atoms with van der Waals surface area (Å²) in [5, 5.41) is 0.634. The molecular weight excluding hydrogens is 407 g/mol. The van der Waals surface area contributed by atoms with E-state index in [2.05, 4.69) is 9.97 Å². The van der Waals surface area contributed by atoms with Crippen LogP contribution in [-0.2, 0) is 6.18 Å². The first-order valence-electron chi connectivity index (χ1n) is 9.08. The molecule has 1 aromatic heterocycles. The maximum atomic E-state index is 12.8. The number of likely N-dealkylation sites (tertiary alicyclic amines) is 1. The molecule has 4 rings (SSSR count). The molecule has 0 atom stereocenters. The molecule has 3 aromatic rings. The molecule has 0 bridgehead atoms. The molecule has 9 heteroatoms. The number of hydrogen-bond donors (Lipinski definition) is 1. The Morgan fingerprint density at radius 2 is 1.83 bits per heavy atom. The number of fused-ring (bicyclic) bond motifs is 1. The van der Waals surface area contributed by atoms with Gasteiger partial charge in [-0.05, 0) is 42.5 Å². The number of aromatic nitrogens is 2. The lowest BCUT2D eigenvalue weighted by Crippen LogP contribution is -2.41. The molecule has 2 aromatic carbocycles. The number of benzene rings is 2. The molecule has 29 heavy (non-hydrogen) atoms. The largest absolute Gasteiger partial charge is 0.490 e. The normalized spacial score (nSPS) is 15.7. The molecule has 0 spiro atoms. The number of carbonyl (C=O) groups excluding carboxylic acids is 1. The maximum absolute atomic E-state index is 12.8. The molecule has 1 saturated heterocycles. The Morgan fingerprint density at radius 1 is 1.14 bits per heavy atom. The number of H-pyrrole nitrogens is 1. The van der Waals surface area contributed by atoms with Gasteiger partial charge in [0.25, 0.3) is 5.91 Å². The number of hydrogen-bond acceptors (Lipinski definition) is 3. The fraction of sp³-hybridized carbons (Fsp3) is 0.300. The average Bonchev–Trinajstić information content (AvgIpc) is 3.14. The SMILES string of the molecule is O=C(c1ccc2nc(C(F)(F)F)[nH]c2c1)N1CCC(Oc2ccc(Cl)cc2)CC1. The Morgan fingerprint density at radius 3 is 2.48 bits per heavy atom. The van der Waals surface area contributed by atoms with Crippen molar-refractivity contribution in [2.45, 2.75) is 25.1 Å². The zero-order valence-electron chi connectivity index (χ0n) is 15.2. The zero-order chi connectivity index (χ0) is 20.6. The number of rotatable bonds is 3. The second-order valence-electron chi connectivity index (χ2n) is 6.88. The summed E-state index contributed by atoms with van der Waals surface area (Å²) in [6.07, 6.45) is -3.24. The van der Waals surface area contributed by atoms with E-state index < -0.39 is 12.0 Å². The molecule has 5 nitrogen and oxygen atoms in total. The Hall–Kier alpha value is -2.74. The van der Waals surface area contributed by atoms with E-state index in [1.807, 2.05) is 0 Å². The van der Waals surface area contributed by atoms with Crippen LogP contribution in [0.1, 0.15) is 29.0 Å². The van der Waals surface area contributed by atoms with Gasteiger partial charge in [0.1, 0.15) is 11.9 Å². The minimum absolute atomic E-state index is 0.00958. The van der Waals surface area contributed by atoms with Crippen molar-refractivity contribution < 1.29 is 22.7 Å². The van der Waals surface area contributed by atoms with Gasteiger partial charge in [-0.1, -0.05) is 11.6 Å². The molecule has 0 unspecified atom stereocenters. The smallest absolute Gasteiger partial charge is 0.449 e. The molecule has 1 aliphatic heterocycles. The molecule has 1 fully saturated rings. The van der Waals surface area contributed by atoms with Crippen LogP contribution in [0.2, 0.25) is 5.02 Å². The van der Waals surface area contributed by atoms with Gasteiger partial charge in [0.05, 0.1) is 11.0 Å². The number of amides is 1. The predicted molar refractivity (Wildman–Crippen MR) is 102 cm³/mol. The van der Waals surface area contributed by atoms with Crippen LogP contribution in [0.3, 0.4) is 0 Å². The Bertz CT molecular complexity index is 1030. The fourth-order valence-electron chi connectivity index (χ4n) is 3.34. The van der Waals surface area contributed by atoms with E-state index in [1.165, 1.54) is 18.2 Å². The number of halogens is 4. The van der Waals surface area contributed by atoms with Gasteiger partial charge in [0, 0.05) is 36.5 Å².